The van der Waals surface area contributed by atoms with Crippen molar-refractivity contribution in [3.63, 3.8) is 0 Å². The normalized spacial score (nSPS) is 20.8. The van der Waals surface area contributed by atoms with Crippen LogP contribution in [0.3, 0.4) is 0 Å². The summed E-state index contributed by atoms with van der Waals surface area (Å²) in [6, 6.07) is 0. The molecule has 0 amide bonds. The molecule has 1 aliphatic rings. The Morgan fingerprint density at radius 3 is 2.79 bits per heavy atom. The number of rotatable bonds is 4. The average Bonchev–Trinajstić information content (AvgIpc) is 2.93. The fourth-order valence-corrected chi connectivity index (χ4v) is 3.04. The lowest BCUT2D eigenvalue weighted by Gasteiger charge is -2.27. The molecular weight excluding hydrogens is 192 g/mol. The molecular formula is C11H18N2S. The zero-order valence-corrected chi connectivity index (χ0v) is 9.73. The highest BCUT2D eigenvalue weighted by Crippen LogP contribution is 2.47. The Labute approximate surface area is 89.5 Å². The fourth-order valence-electron chi connectivity index (χ4n) is 2.05. The van der Waals surface area contributed by atoms with E-state index in [1.807, 2.05) is 17.5 Å². The van der Waals surface area contributed by atoms with Gasteiger partial charge in [-0.2, -0.15) is 0 Å². The number of aryl methyl sites for hydroxylation is 1. The SMILES string of the molecule is Cc1ncc(CC(C)(CN)C2CC2)s1. The Bertz CT molecular complexity index is 317. The molecule has 0 radical (unpaired) electrons. The van der Waals surface area contributed by atoms with E-state index in [0.29, 0.717) is 5.41 Å². The highest BCUT2D eigenvalue weighted by molar-refractivity contribution is 7.11. The Kier molecular flexibility index (Phi) is 2.62. The monoisotopic (exact) mass is 210 g/mol. The quantitative estimate of drug-likeness (QED) is 0.828. The summed E-state index contributed by atoms with van der Waals surface area (Å²) in [4.78, 5) is 5.68. The molecule has 0 spiro atoms. The summed E-state index contributed by atoms with van der Waals surface area (Å²) in [6.45, 7) is 5.18. The number of hydrogen-bond acceptors (Lipinski definition) is 3. The van der Waals surface area contributed by atoms with E-state index in [4.69, 9.17) is 5.73 Å². The van der Waals surface area contributed by atoms with Crippen molar-refractivity contribution < 1.29 is 0 Å². The van der Waals surface area contributed by atoms with Crippen LogP contribution < -0.4 is 5.73 Å². The molecule has 1 atom stereocenters. The molecule has 1 aromatic heterocycles. The van der Waals surface area contributed by atoms with Crippen molar-refractivity contribution in [1.82, 2.24) is 4.98 Å². The number of nitrogens with two attached hydrogens (primary N) is 1. The van der Waals surface area contributed by atoms with Crippen LogP contribution in [-0.2, 0) is 6.42 Å². The van der Waals surface area contributed by atoms with Gasteiger partial charge in [0.05, 0.1) is 5.01 Å². The third-order valence-electron chi connectivity index (χ3n) is 3.28. The van der Waals surface area contributed by atoms with Crippen molar-refractivity contribution in [3.05, 3.63) is 16.1 Å². The summed E-state index contributed by atoms with van der Waals surface area (Å²) >= 11 is 1.81. The number of aromatic nitrogens is 1. The van der Waals surface area contributed by atoms with E-state index < -0.39 is 0 Å². The maximum absolute atomic E-state index is 5.89. The number of nitrogens with zero attached hydrogens (tertiary/aromatic N) is 1. The van der Waals surface area contributed by atoms with E-state index in [2.05, 4.69) is 18.8 Å². The standard InChI is InChI=1S/C11H18N2S/c1-8-13-6-10(14-8)5-11(2,7-12)9-3-4-9/h6,9H,3-5,7,12H2,1-2H3. The van der Waals surface area contributed by atoms with Gasteiger partial charge in [-0.05, 0) is 44.1 Å². The number of hydrogen-bond donors (Lipinski definition) is 1. The summed E-state index contributed by atoms with van der Waals surface area (Å²) < 4.78 is 0. The van der Waals surface area contributed by atoms with Crippen molar-refractivity contribution in [2.45, 2.75) is 33.1 Å². The zero-order chi connectivity index (χ0) is 10.2. The van der Waals surface area contributed by atoms with E-state index in [1.54, 1.807) is 0 Å². The first-order valence-electron chi connectivity index (χ1n) is 5.25. The molecule has 0 bridgehead atoms. The number of thiazole rings is 1. The lowest BCUT2D eigenvalue weighted by molar-refractivity contribution is 0.283. The van der Waals surface area contributed by atoms with Crippen LogP contribution in [0.1, 0.15) is 29.7 Å². The summed E-state index contributed by atoms with van der Waals surface area (Å²) in [5.41, 5.74) is 6.21. The largest absolute Gasteiger partial charge is 0.330 e. The second-order valence-corrected chi connectivity index (χ2v) is 5.97. The Morgan fingerprint density at radius 1 is 1.64 bits per heavy atom. The molecule has 2 rings (SSSR count). The van der Waals surface area contributed by atoms with Crippen LogP contribution in [0.4, 0.5) is 0 Å². The molecule has 0 aliphatic heterocycles. The first-order chi connectivity index (χ1) is 6.64. The van der Waals surface area contributed by atoms with Gasteiger partial charge in [-0.3, -0.25) is 0 Å². The van der Waals surface area contributed by atoms with Gasteiger partial charge >= 0.3 is 0 Å². The second-order valence-electron chi connectivity index (χ2n) is 4.65. The molecule has 1 aliphatic carbocycles. The topological polar surface area (TPSA) is 38.9 Å². The van der Waals surface area contributed by atoms with Crippen LogP contribution in [0.25, 0.3) is 0 Å². The maximum Gasteiger partial charge on any atom is 0.0896 e. The van der Waals surface area contributed by atoms with Gasteiger partial charge in [0.15, 0.2) is 0 Å². The zero-order valence-electron chi connectivity index (χ0n) is 8.92. The smallest absolute Gasteiger partial charge is 0.0896 e. The lowest BCUT2D eigenvalue weighted by atomic mass is 9.81. The maximum atomic E-state index is 5.89. The van der Waals surface area contributed by atoms with Gasteiger partial charge in [0.1, 0.15) is 0 Å². The minimum absolute atomic E-state index is 0.318. The first kappa shape index (κ1) is 10.1. The van der Waals surface area contributed by atoms with Crippen LogP contribution in [0.15, 0.2) is 6.20 Å². The molecule has 1 aromatic rings. The minimum Gasteiger partial charge on any atom is -0.330 e. The highest BCUT2D eigenvalue weighted by Gasteiger charge is 2.40. The predicted molar refractivity (Wildman–Crippen MR) is 60.4 cm³/mol. The lowest BCUT2D eigenvalue weighted by Crippen LogP contribution is -2.31. The van der Waals surface area contributed by atoms with E-state index in [9.17, 15) is 0 Å². The van der Waals surface area contributed by atoms with Crippen molar-refractivity contribution in [2.24, 2.45) is 17.1 Å². The van der Waals surface area contributed by atoms with Gasteiger partial charge in [0.25, 0.3) is 0 Å². The van der Waals surface area contributed by atoms with Crippen molar-refractivity contribution in [1.29, 1.82) is 0 Å². The Morgan fingerprint density at radius 2 is 2.36 bits per heavy atom. The van der Waals surface area contributed by atoms with Gasteiger partial charge in [-0.1, -0.05) is 6.92 Å². The third-order valence-corrected chi connectivity index (χ3v) is 4.19. The summed E-state index contributed by atoms with van der Waals surface area (Å²) in [5, 5.41) is 1.16. The molecule has 1 unspecified atom stereocenters. The first-order valence-corrected chi connectivity index (χ1v) is 6.07. The summed E-state index contributed by atoms with van der Waals surface area (Å²) in [5.74, 6) is 0.856. The molecule has 14 heavy (non-hydrogen) atoms. The molecule has 0 saturated heterocycles. The highest BCUT2D eigenvalue weighted by atomic mass is 32.1. The molecule has 78 valence electrons. The van der Waals surface area contributed by atoms with Gasteiger partial charge in [-0.25, -0.2) is 4.98 Å². The summed E-state index contributed by atoms with van der Waals surface area (Å²) in [7, 11) is 0. The Balaban J connectivity index is 2.07. The third kappa shape index (κ3) is 1.98. The van der Waals surface area contributed by atoms with Crippen LogP contribution >= 0.6 is 11.3 Å². The minimum atomic E-state index is 0.318. The van der Waals surface area contributed by atoms with E-state index in [-0.39, 0.29) is 0 Å². The van der Waals surface area contributed by atoms with E-state index in [1.165, 1.54) is 17.7 Å². The van der Waals surface area contributed by atoms with Crippen LogP contribution in [0, 0.1) is 18.3 Å². The molecule has 1 heterocycles. The van der Waals surface area contributed by atoms with Gasteiger partial charge in [0, 0.05) is 11.1 Å². The predicted octanol–water partition coefficient (Wildman–Crippen LogP) is 2.37. The van der Waals surface area contributed by atoms with Gasteiger partial charge in [0.2, 0.25) is 0 Å². The average molecular weight is 210 g/mol. The molecule has 3 heteroatoms. The van der Waals surface area contributed by atoms with Crippen LogP contribution in [-0.4, -0.2) is 11.5 Å². The van der Waals surface area contributed by atoms with Crippen LogP contribution in [0.5, 0.6) is 0 Å². The van der Waals surface area contributed by atoms with Crippen molar-refractivity contribution in [3.8, 4) is 0 Å². The van der Waals surface area contributed by atoms with E-state index in [0.717, 1.165) is 23.9 Å². The molecule has 1 saturated carbocycles. The molecule has 1 fully saturated rings. The van der Waals surface area contributed by atoms with Crippen molar-refractivity contribution in [2.75, 3.05) is 6.54 Å². The molecule has 2 N–H and O–H groups in total. The van der Waals surface area contributed by atoms with Gasteiger partial charge < -0.3 is 5.73 Å². The van der Waals surface area contributed by atoms with Crippen molar-refractivity contribution >= 4 is 11.3 Å². The molecule has 2 nitrogen and oxygen atoms in total. The van der Waals surface area contributed by atoms with Crippen LogP contribution in [0.2, 0.25) is 0 Å². The summed E-state index contributed by atoms with van der Waals surface area (Å²) in [6.07, 6.45) is 5.85. The second kappa shape index (κ2) is 3.63. The van der Waals surface area contributed by atoms with E-state index >= 15 is 0 Å². The molecule has 0 aromatic carbocycles. The fraction of sp³-hybridized carbons (Fsp3) is 0.727. The Hall–Kier alpha value is -0.410. The van der Waals surface area contributed by atoms with Gasteiger partial charge in [-0.15, -0.1) is 11.3 Å².